The van der Waals surface area contributed by atoms with E-state index in [0.717, 1.165) is 27.9 Å². The summed E-state index contributed by atoms with van der Waals surface area (Å²) < 4.78 is 20.9. The third kappa shape index (κ3) is 4.89. The molecule has 1 N–H and O–H groups in total. The highest BCUT2D eigenvalue weighted by Crippen LogP contribution is 2.33. The first-order valence-electron chi connectivity index (χ1n) is 11.2. The average Bonchev–Trinajstić information content (AvgIpc) is 3.27. The van der Waals surface area contributed by atoms with Gasteiger partial charge in [-0.25, -0.2) is 9.07 Å². The molecule has 2 heterocycles. The Balaban J connectivity index is 1.42. The first-order valence-corrected chi connectivity index (χ1v) is 11.2. The van der Waals surface area contributed by atoms with E-state index in [2.05, 4.69) is 5.32 Å². The van der Waals surface area contributed by atoms with Gasteiger partial charge >= 0.3 is 0 Å². The third-order valence-electron chi connectivity index (χ3n) is 5.59. The smallest absolute Gasteiger partial charge is 0.258 e. The number of carbonyl (C=O) groups excluding carboxylic acids is 1. The maximum Gasteiger partial charge on any atom is 0.258 e. The number of hydrogen-bond acceptors (Lipinski definition) is 4. The molecule has 7 heteroatoms. The molecule has 0 bridgehead atoms. The minimum atomic E-state index is -0.342. The van der Waals surface area contributed by atoms with Gasteiger partial charge in [0.15, 0.2) is 12.3 Å². The van der Waals surface area contributed by atoms with Gasteiger partial charge < -0.3 is 10.1 Å². The molecule has 0 saturated carbocycles. The number of halogens is 1. The lowest BCUT2D eigenvalue weighted by molar-refractivity contribution is -0.123. The minimum absolute atomic E-state index is 0.210. The predicted molar refractivity (Wildman–Crippen MR) is 133 cm³/mol. The van der Waals surface area contributed by atoms with E-state index in [1.807, 2.05) is 73.7 Å². The summed E-state index contributed by atoms with van der Waals surface area (Å²) in [6, 6.07) is 27.6. The summed E-state index contributed by atoms with van der Waals surface area (Å²) in [4.78, 5) is 17.0. The molecule has 35 heavy (non-hydrogen) atoms. The Labute approximate surface area is 202 Å². The summed E-state index contributed by atoms with van der Waals surface area (Å²) in [5.74, 6) is -0.339. The number of hydrogen-bond donors (Lipinski definition) is 1. The number of carbonyl (C=O) groups is 1. The van der Waals surface area contributed by atoms with Crippen molar-refractivity contribution in [3.05, 3.63) is 108 Å². The molecule has 0 aliphatic heterocycles. The fraction of sp³-hybridized carbons (Fsp3) is 0.107. The van der Waals surface area contributed by atoms with Gasteiger partial charge in [0.05, 0.1) is 11.1 Å². The molecule has 0 saturated heterocycles. The van der Waals surface area contributed by atoms with Gasteiger partial charge in [-0.05, 0) is 42.3 Å². The highest BCUT2D eigenvalue weighted by atomic mass is 19.1. The van der Waals surface area contributed by atoms with E-state index in [-0.39, 0.29) is 24.9 Å². The summed E-state index contributed by atoms with van der Waals surface area (Å²) in [5.41, 5.74) is 4.94. The maximum atomic E-state index is 13.3. The van der Waals surface area contributed by atoms with E-state index >= 15 is 0 Å². The molecule has 2 aromatic heterocycles. The number of ether oxygens (including phenoxy) is 1. The lowest BCUT2D eigenvalue weighted by atomic mass is 10.1. The van der Waals surface area contributed by atoms with Crippen LogP contribution in [0, 0.1) is 12.7 Å². The van der Waals surface area contributed by atoms with Gasteiger partial charge in [-0.2, -0.15) is 10.1 Å². The molecular formula is C28H23FN4O2. The van der Waals surface area contributed by atoms with E-state index in [4.69, 9.17) is 14.8 Å². The Morgan fingerprint density at radius 3 is 2.46 bits per heavy atom. The van der Waals surface area contributed by atoms with Crippen LogP contribution < -0.4 is 10.1 Å². The van der Waals surface area contributed by atoms with Gasteiger partial charge in [0.2, 0.25) is 5.88 Å². The van der Waals surface area contributed by atoms with Crippen molar-refractivity contribution in [1.82, 2.24) is 20.1 Å². The molecular weight excluding hydrogens is 443 g/mol. The van der Waals surface area contributed by atoms with Crippen LogP contribution in [0.15, 0.2) is 91.0 Å². The lowest BCUT2D eigenvalue weighted by Gasteiger charge is -2.09. The molecule has 5 rings (SSSR count). The second kappa shape index (κ2) is 9.77. The normalized spacial score (nSPS) is 10.9. The molecule has 0 atom stereocenters. The highest BCUT2D eigenvalue weighted by molar-refractivity contribution is 5.95. The van der Waals surface area contributed by atoms with Crippen LogP contribution in [0.1, 0.15) is 11.1 Å². The van der Waals surface area contributed by atoms with E-state index in [9.17, 15) is 9.18 Å². The lowest BCUT2D eigenvalue weighted by Crippen LogP contribution is -2.28. The molecule has 0 aliphatic rings. The van der Waals surface area contributed by atoms with E-state index in [1.54, 1.807) is 16.8 Å². The van der Waals surface area contributed by atoms with Gasteiger partial charge in [0, 0.05) is 18.2 Å². The molecule has 0 radical (unpaired) electrons. The van der Waals surface area contributed by atoms with Crippen molar-refractivity contribution in [1.29, 1.82) is 0 Å². The number of rotatable bonds is 7. The van der Waals surface area contributed by atoms with Crippen LogP contribution >= 0.6 is 0 Å². The first-order chi connectivity index (χ1) is 17.1. The topological polar surface area (TPSA) is 69.0 Å². The van der Waals surface area contributed by atoms with Gasteiger partial charge in [-0.3, -0.25) is 4.79 Å². The molecule has 0 aliphatic carbocycles. The average molecular weight is 467 g/mol. The van der Waals surface area contributed by atoms with Crippen LogP contribution in [0.3, 0.4) is 0 Å². The molecule has 174 valence electrons. The summed E-state index contributed by atoms with van der Waals surface area (Å²) in [6.45, 7) is 1.98. The molecule has 5 aromatic rings. The maximum absolute atomic E-state index is 13.3. The van der Waals surface area contributed by atoms with Crippen LogP contribution in [0.2, 0.25) is 0 Å². The van der Waals surface area contributed by atoms with Crippen molar-refractivity contribution < 1.29 is 13.9 Å². The fourth-order valence-electron chi connectivity index (χ4n) is 3.93. The standard InChI is InChI=1S/C28H23FN4O2/c1-19-15-25(35-18-24(34)30-17-20-9-8-12-22(29)16-20)31-28-26(19)27(21-10-4-2-5-11-21)32-33(28)23-13-6-3-7-14-23/h2-16H,17-18H2,1H3,(H,30,34). The van der Waals surface area contributed by atoms with Crippen molar-refractivity contribution >= 4 is 16.9 Å². The second-order valence-corrected chi connectivity index (χ2v) is 8.13. The molecule has 1 amide bonds. The van der Waals surface area contributed by atoms with Crippen LogP contribution in [0.5, 0.6) is 5.88 Å². The number of para-hydroxylation sites is 1. The van der Waals surface area contributed by atoms with Crippen molar-refractivity contribution in [2.24, 2.45) is 0 Å². The van der Waals surface area contributed by atoms with Crippen LogP contribution in [-0.2, 0) is 11.3 Å². The van der Waals surface area contributed by atoms with Crippen molar-refractivity contribution in [3.8, 4) is 22.8 Å². The number of nitrogens with one attached hydrogen (secondary N) is 1. The Morgan fingerprint density at radius 1 is 0.971 bits per heavy atom. The molecule has 0 unspecified atom stereocenters. The zero-order valence-corrected chi connectivity index (χ0v) is 19.1. The highest BCUT2D eigenvalue weighted by Gasteiger charge is 2.18. The molecule has 3 aromatic carbocycles. The number of aryl methyl sites for hydroxylation is 1. The van der Waals surface area contributed by atoms with Crippen LogP contribution in [0.4, 0.5) is 4.39 Å². The number of aromatic nitrogens is 3. The van der Waals surface area contributed by atoms with Gasteiger partial charge in [-0.1, -0.05) is 60.7 Å². The van der Waals surface area contributed by atoms with Gasteiger partial charge in [0.25, 0.3) is 5.91 Å². The quantitative estimate of drug-likeness (QED) is 0.357. The number of pyridine rings is 1. The summed E-state index contributed by atoms with van der Waals surface area (Å²) in [7, 11) is 0. The zero-order valence-electron chi connectivity index (χ0n) is 19.1. The molecule has 0 fully saturated rings. The Hall–Kier alpha value is -4.52. The number of fused-ring (bicyclic) bond motifs is 1. The van der Waals surface area contributed by atoms with Crippen LogP contribution in [0.25, 0.3) is 28.0 Å². The molecule has 6 nitrogen and oxygen atoms in total. The van der Waals surface area contributed by atoms with Crippen LogP contribution in [-0.4, -0.2) is 27.3 Å². The van der Waals surface area contributed by atoms with Gasteiger partial charge in [0.1, 0.15) is 11.5 Å². The Morgan fingerprint density at radius 2 is 1.71 bits per heavy atom. The Bertz CT molecular complexity index is 1480. The summed E-state index contributed by atoms with van der Waals surface area (Å²) in [6.07, 6.45) is 0. The SMILES string of the molecule is Cc1cc(OCC(=O)NCc2cccc(F)c2)nc2c1c(-c1ccccc1)nn2-c1ccccc1. The Kier molecular flexibility index (Phi) is 6.22. The van der Waals surface area contributed by atoms with E-state index < -0.39 is 0 Å². The van der Waals surface area contributed by atoms with Crippen molar-refractivity contribution in [2.45, 2.75) is 13.5 Å². The van der Waals surface area contributed by atoms with Crippen molar-refractivity contribution in [2.75, 3.05) is 6.61 Å². The largest absolute Gasteiger partial charge is 0.468 e. The number of benzene rings is 3. The first kappa shape index (κ1) is 22.3. The van der Waals surface area contributed by atoms with E-state index in [1.165, 1.54) is 12.1 Å². The number of nitrogens with zero attached hydrogens (tertiary/aromatic N) is 3. The van der Waals surface area contributed by atoms with Crippen molar-refractivity contribution in [3.63, 3.8) is 0 Å². The monoisotopic (exact) mass is 466 g/mol. The molecule has 0 spiro atoms. The summed E-state index contributed by atoms with van der Waals surface area (Å²) >= 11 is 0. The third-order valence-corrected chi connectivity index (χ3v) is 5.59. The van der Waals surface area contributed by atoms with Gasteiger partial charge in [-0.15, -0.1) is 0 Å². The zero-order chi connectivity index (χ0) is 24.2. The number of amides is 1. The second-order valence-electron chi connectivity index (χ2n) is 8.13. The van der Waals surface area contributed by atoms with E-state index in [0.29, 0.717) is 17.1 Å². The predicted octanol–water partition coefficient (Wildman–Crippen LogP) is 5.23. The minimum Gasteiger partial charge on any atom is -0.468 e. The fourth-order valence-corrected chi connectivity index (χ4v) is 3.93. The summed E-state index contributed by atoms with van der Waals surface area (Å²) in [5, 5.41) is 8.54.